The van der Waals surface area contributed by atoms with E-state index in [1.165, 1.54) is 25.9 Å². The molecule has 1 fully saturated rings. The molecule has 1 aliphatic heterocycles. The van der Waals surface area contributed by atoms with E-state index in [1.807, 2.05) is 0 Å². The predicted molar refractivity (Wildman–Crippen MR) is 51.3 cm³/mol. The summed E-state index contributed by atoms with van der Waals surface area (Å²) < 4.78 is 0.923. The van der Waals surface area contributed by atoms with Crippen LogP contribution in [0.15, 0.2) is 0 Å². The molecule has 0 unspecified atom stereocenters. The van der Waals surface area contributed by atoms with E-state index in [0.29, 0.717) is 0 Å². The maximum Gasteiger partial charge on any atom is 0.504 e. The van der Waals surface area contributed by atoms with Gasteiger partial charge in [-0.3, -0.25) is 0 Å². The molecule has 1 aliphatic rings. The van der Waals surface area contributed by atoms with Crippen molar-refractivity contribution >= 4 is 28.3 Å². The van der Waals surface area contributed by atoms with E-state index in [9.17, 15) is 0 Å². The standard InChI is InChI=1S/C8H16N.ClH.Mg/c1-8(2)9-6-4-3-5-7-9;;/h3,8H,4-7H2,1-2H3;1H;/q;;+1/p-1. The molecule has 3 heteroatoms. The summed E-state index contributed by atoms with van der Waals surface area (Å²) in [6.07, 6.45) is 2.71. The molecule has 0 aromatic carbocycles. The fourth-order valence-corrected chi connectivity index (χ4v) is 3.22. The Balaban J connectivity index is 2.24. The second-order valence-corrected chi connectivity index (χ2v) is 6.12. The lowest BCUT2D eigenvalue weighted by Gasteiger charge is -2.34. The van der Waals surface area contributed by atoms with Gasteiger partial charge in [0.15, 0.2) is 0 Å². The van der Waals surface area contributed by atoms with Crippen molar-refractivity contribution in [2.24, 2.45) is 0 Å². The first-order valence-corrected chi connectivity index (χ1v) is 7.49. The molecule has 1 nitrogen and oxygen atoms in total. The largest absolute Gasteiger partial charge is 0.504 e. The third-order valence-electron chi connectivity index (χ3n) is 2.60. The van der Waals surface area contributed by atoms with Gasteiger partial charge in [0.25, 0.3) is 0 Å². The van der Waals surface area contributed by atoms with Crippen LogP contribution in [-0.4, -0.2) is 43.3 Å². The zero-order valence-corrected chi connectivity index (χ0v) is 9.69. The third-order valence-corrected chi connectivity index (χ3v) is 5.16. The van der Waals surface area contributed by atoms with Gasteiger partial charge in [0.05, 0.1) is 0 Å². The highest BCUT2D eigenvalue weighted by molar-refractivity contribution is 6.94. The molecule has 1 saturated heterocycles. The Morgan fingerprint density at radius 1 is 1.36 bits per heavy atom. The van der Waals surface area contributed by atoms with Crippen LogP contribution in [0.3, 0.4) is 0 Å². The lowest BCUT2D eigenvalue weighted by molar-refractivity contribution is 0.185. The summed E-state index contributed by atoms with van der Waals surface area (Å²) in [6.45, 7) is 7.11. The van der Waals surface area contributed by atoms with Crippen molar-refractivity contribution in [3.8, 4) is 0 Å². The van der Waals surface area contributed by atoms with Gasteiger partial charge in [-0.25, -0.2) is 0 Å². The molecule has 0 aromatic heterocycles. The number of rotatable bonds is 2. The van der Waals surface area contributed by atoms with E-state index in [1.54, 1.807) is 0 Å². The molecule has 1 heterocycles. The van der Waals surface area contributed by atoms with E-state index >= 15 is 0 Å². The van der Waals surface area contributed by atoms with E-state index in [0.717, 1.165) is 10.1 Å². The second kappa shape index (κ2) is 4.90. The third kappa shape index (κ3) is 3.09. The number of nitrogens with zero attached hydrogens (tertiary/aromatic N) is 1. The zero-order chi connectivity index (χ0) is 8.27. The Morgan fingerprint density at radius 2 is 1.91 bits per heavy atom. The van der Waals surface area contributed by atoms with Crippen LogP contribution in [0.4, 0.5) is 0 Å². The summed E-state index contributed by atoms with van der Waals surface area (Å²) in [5, 5.41) is 0. The molecule has 0 bridgehead atoms. The Kier molecular flexibility index (Phi) is 4.50. The van der Waals surface area contributed by atoms with Crippen molar-refractivity contribution in [1.29, 1.82) is 0 Å². The van der Waals surface area contributed by atoms with Crippen LogP contribution in [0.2, 0.25) is 4.05 Å². The molecule has 0 spiro atoms. The van der Waals surface area contributed by atoms with Gasteiger partial charge in [0.2, 0.25) is 0 Å². The number of hydrogen-bond donors (Lipinski definition) is 0. The molecule has 0 N–H and O–H groups in total. The second-order valence-electron chi connectivity index (χ2n) is 3.73. The van der Waals surface area contributed by atoms with Crippen molar-refractivity contribution in [3.05, 3.63) is 0 Å². The molecule has 0 aromatic rings. The minimum absolute atomic E-state index is 0.233. The first-order chi connectivity index (χ1) is 5.24. The fraction of sp³-hybridized carbons (Fsp3) is 1.00. The molecule has 0 amide bonds. The smallest absolute Gasteiger partial charge is 0.346 e. The maximum absolute atomic E-state index is 5.93. The number of hydrogen-bond acceptors (Lipinski definition) is 1. The molecule has 11 heavy (non-hydrogen) atoms. The van der Waals surface area contributed by atoms with Crippen LogP contribution >= 0.6 is 9.07 Å². The molecular weight excluding hydrogens is 170 g/mol. The Labute approximate surface area is 83.0 Å². The van der Waals surface area contributed by atoms with Gasteiger partial charge >= 0.3 is 19.3 Å². The molecular formula is C8H16ClMgN. The van der Waals surface area contributed by atoms with E-state index in [-0.39, 0.29) is 19.3 Å². The highest BCUT2D eigenvalue weighted by atomic mass is 35.5. The highest BCUT2D eigenvalue weighted by Gasteiger charge is 2.20. The van der Waals surface area contributed by atoms with Gasteiger partial charge in [0, 0.05) is 6.04 Å². The Hall–Kier alpha value is 1.02. The summed E-state index contributed by atoms with van der Waals surface area (Å²) in [6, 6.07) is 0.730. The number of piperidine rings is 1. The first kappa shape index (κ1) is 10.1. The summed E-state index contributed by atoms with van der Waals surface area (Å²) >= 11 is -0.233. The van der Waals surface area contributed by atoms with Gasteiger partial charge in [-0.2, -0.15) is 0 Å². The molecule has 62 valence electrons. The van der Waals surface area contributed by atoms with Crippen molar-refractivity contribution < 1.29 is 0 Å². The van der Waals surface area contributed by atoms with E-state index < -0.39 is 0 Å². The number of likely N-dealkylation sites (tertiary alicyclic amines) is 1. The zero-order valence-electron chi connectivity index (χ0n) is 7.52. The highest BCUT2D eigenvalue weighted by Crippen LogP contribution is 2.23. The SMILES string of the molecule is CC(C)N1CC[CH]([Mg][Cl])CC1. The minimum atomic E-state index is -0.233. The maximum atomic E-state index is 5.93. The predicted octanol–water partition coefficient (Wildman–Crippen LogP) is 2.14. The van der Waals surface area contributed by atoms with Gasteiger partial charge in [-0.15, -0.1) is 4.05 Å². The average Bonchev–Trinajstić information content (AvgIpc) is 2.05. The summed E-state index contributed by atoms with van der Waals surface area (Å²) in [4.78, 5) is 2.55. The molecule has 0 radical (unpaired) electrons. The van der Waals surface area contributed by atoms with Crippen LogP contribution in [0, 0.1) is 0 Å². The van der Waals surface area contributed by atoms with Crippen molar-refractivity contribution in [2.45, 2.75) is 36.8 Å². The van der Waals surface area contributed by atoms with Crippen LogP contribution in [-0.2, 0) is 0 Å². The average molecular weight is 186 g/mol. The van der Waals surface area contributed by atoms with Gasteiger partial charge in [0.1, 0.15) is 0 Å². The minimum Gasteiger partial charge on any atom is -0.346 e. The molecule has 1 rings (SSSR count). The lowest BCUT2D eigenvalue weighted by Crippen LogP contribution is -2.37. The van der Waals surface area contributed by atoms with Gasteiger partial charge in [-0.1, -0.05) is 12.8 Å². The van der Waals surface area contributed by atoms with Gasteiger partial charge in [-0.05, 0) is 26.9 Å². The summed E-state index contributed by atoms with van der Waals surface area (Å²) in [5.74, 6) is 0. The van der Waals surface area contributed by atoms with Gasteiger partial charge < -0.3 is 14.0 Å². The summed E-state index contributed by atoms with van der Waals surface area (Å²) in [5.41, 5.74) is 0. The van der Waals surface area contributed by atoms with E-state index in [4.69, 9.17) is 9.07 Å². The quantitative estimate of drug-likeness (QED) is 0.597. The van der Waals surface area contributed by atoms with Crippen LogP contribution in [0.5, 0.6) is 0 Å². The molecule has 0 aliphatic carbocycles. The van der Waals surface area contributed by atoms with Crippen LogP contribution < -0.4 is 0 Å². The van der Waals surface area contributed by atoms with Crippen molar-refractivity contribution in [2.75, 3.05) is 13.1 Å². The van der Waals surface area contributed by atoms with Crippen LogP contribution in [0.25, 0.3) is 0 Å². The van der Waals surface area contributed by atoms with Crippen LogP contribution in [0.1, 0.15) is 26.7 Å². The number of halogens is 1. The summed E-state index contributed by atoms with van der Waals surface area (Å²) in [7, 11) is 5.93. The van der Waals surface area contributed by atoms with Crippen molar-refractivity contribution in [1.82, 2.24) is 4.90 Å². The Bertz CT molecular complexity index is 111. The van der Waals surface area contributed by atoms with E-state index in [2.05, 4.69) is 18.7 Å². The molecule has 0 saturated carbocycles. The topological polar surface area (TPSA) is 3.24 Å². The fourth-order valence-electron chi connectivity index (χ4n) is 1.62. The normalized spacial score (nSPS) is 22.2. The first-order valence-electron chi connectivity index (χ1n) is 4.54. The van der Waals surface area contributed by atoms with Crippen molar-refractivity contribution in [3.63, 3.8) is 0 Å². The molecule has 0 atom stereocenters. The lowest BCUT2D eigenvalue weighted by atomic mass is 10.1. The monoisotopic (exact) mass is 185 g/mol. The Morgan fingerprint density at radius 3 is 2.27 bits per heavy atom.